The number of nitrogens with one attached hydrogen (secondary N) is 1. The maximum absolute atomic E-state index is 5.94. The van der Waals surface area contributed by atoms with Crippen LogP contribution in [0.2, 0.25) is 0 Å². The average molecular weight is 383 g/mol. The molecular weight excluding hydrogens is 362 g/mol. The molecule has 2 nitrogen and oxygen atoms in total. The third-order valence-electron chi connectivity index (χ3n) is 3.88. The summed E-state index contributed by atoms with van der Waals surface area (Å²) in [6.45, 7) is 2.98. The Morgan fingerprint density at radius 2 is 1.91 bits per heavy atom. The van der Waals surface area contributed by atoms with E-state index in [2.05, 4.69) is 63.7 Å². The molecule has 1 heterocycles. The van der Waals surface area contributed by atoms with Crippen LogP contribution in [0.5, 0.6) is 5.75 Å². The Balaban J connectivity index is 0.00000176. The minimum Gasteiger partial charge on any atom is -0.492 e. The van der Waals surface area contributed by atoms with E-state index < -0.39 is 0 Å². The zero-order valence-corrected chi connectivity index (χ0v) is 14.8. The van der Waals surface area contributed by atoms with Crippen molar-refractivity contribution in [1.29, 1.82) is 0 Å². The molecule has 22 heavy (non-hydrogen) atoms. The van der Waals surface area contributed by atoms with Gasteiger partial charge < -0.3 is 10.1 Å². The molecule has 2 aromatic carbocycles. The average Bonchev–Trinajstić information content (AvgIpc) is 3.01. The minimum absolute atomic E-state index is 0. The fraction of sp³-hybridized carbons (Fsp3) is 0.333. The van der Waals surface area contributed by atoms with Crippen molar-refractivity contribution >= 4 is 28.3 Å². The maximum Gasteiger partial charge on any atom is 0.133 e. The Hall–Kier alpha value is -1.03. The van der Waals surface area contributed by atoms with Gasteiger partial charge in [-0.1, -0.05) is 36.4 Å². The van der Waals surface area contributed by atoms with E-state index in [4.69, 9.17) is 4.74 Å². The van der Waals surface area contributed by atoms with Gasteiger partial charge in [-0.15, -0.1) is 12.4 Å². The molecule has 0 saturated carbocycles. The molecule has 0 aromatic heterocycles. The molecule has 4 heteroatoms. The van der Waals surface area contributed by atoms with Crippen LogP contribution in [-0.2, 0) is 6.42 Å². The van der Waals surface area contributed by atoms with Gasteiger partial charge in [0, 0.05) is 12.5 Å². The van der Waals surface area contributed by atoms with Crippen LogP contribution in [0.15, 0.2) is 53.0 Å². The van der Waals surface area contributed by atoms with Crippen LogP contribution in [-0.4, -0.2) is 19.7 Å². The third-order valence-corrected chi connectivity index (χ3v) is 4.50. The van der Waals surface area contributed by atoms with E-state index in [0.717, 1.165) is 36.3 Å². The molecule has 1 saturated heterocycles. The summed E-state index contributed by atoms with van der Waals surface area (Å²) >= 11 is 3.63. The van der Waals surface area contributed by atoms with Crippen molar-refractivity contribution in [3.05, 3.63) is 64.1 Å². The summed E-state index contributed by atoms with van der Waals surface area (Å²) in [5.74, 6) is 1.58. The number of ether oxygens (including phenoxy) is 1. The Morgan fingerprint density at radius 1 is 1.09 bits per heavy atom. The van der Waals surface area contributed by atoms with Crippen LogP contribution in [0, 0.1) is 5.92 Å². The zero-order valence-electron chi connectivity index (χ0n) is 12.4. The van der Waals surface area contributed by atoms with Gasteiger partial charge in [0.05, 0.1) is 11.1 Å². The molecule has 0 aliphatic carbocycles. The summed E-state index contributed by atoms with van der Waals surface area (Å²) in [5.41, 5.74) is 2.62. The summed E-state index contributed by atoms with van der Waals surface area (Å²) in [6, 6.07) is 16.9. The standard InChI is InChI=1S/C18H20BrNO.ClH/c19-17-11-15(10-14-4-2-1-3-5-14)6-7-18(17)21-13-16-8-9-20-12-16;/h1-7,11,16,20H,8-10,12-13H2;1H. The molecule has 1 aliphatic heterocycles. The lowest BCUT2D eigenvalue weighted by atomic mass is 10.1. The summed E-state index contributed by atoms with van der Waals surface area (Å²) in [6.07, 6.45) is 2.16. The predicted molar refractivity (Wildman–Crippen MR) is 97.1 cm³/mol. The number of benzene rings is 2. The summed E-state index contributed by atoms with van der Waals surface area (Å²) in [5, 5.41) is 3.37. The van der Waals surface area contributed by atoms with Crippen LogP contribution in [0.25, 0.3) is 0 Å². The predicted octanol–water partition coefficient (Wildman–Crippen LogP) is 4.45. The normalized spacial score (nSPS) is 17.0. The minimum atomic E-state index is 0. The van der Waals surface area contributed by atoms with Gasteiger partial charge in [0.2, 0.25) is 0 Å². The highest BCUT2D eigenvalue weighted by atomic mass is 79.9. The smallest absolute Gasteiger partial charge is 0.133 e. The van der Waals surface area contributed by atoms with Gasteiger partial charge >= 0.3 is 0 Å². The van der Waals surface area contributed by atoms with E-state index in [1.165, 1.54) is 17.5 Å². The monoisotopic (exact) mass is 381 g/mol. The molecule has 118 valence electrons. The van der Waals surface area contributed by atoms with Gasteiger partial charge in [0.25, 0.3) is 0 Å². The van der Waals surface area contributed by atoms with E-state index in [-0.39, 0.29) is 12.4 Å². The van der Waals surface area contributed by atoms with Crippen molar-refractivity contribution in [1.82, 2.24) is 5.32 Å². The highest BCUT2D eigenvalue weighted by molar-refractivity contribution is 9.10. The molecule has 1 aliphatic rings. The van der Waals surface area contributed by atoms with E-state index in [1.54, 1.807) is 0 Å². The second-order valence-corrected chi connectivity index (χ2v) is 6.45. The van der Waals surface area contributed by atoms with Crippen molar-refractivity contribution < 1.29 is 4.74 Å². The van der Waals surface area contributed by atoms with E-state index in [0.29, 0.717) is 5.92 Å². The fourth-order valence-corrected chi connectivity index (χ4v) is 3.21. The van der Waals surface area contributed by atoms with Crippen LogP contribution in [0.1, 0.15) is 17.5 Å². The molecule has 0 radical (unpaired) electrons. The Morgan fingerprint density at radius 3 is 2.59 bits per heavy atom. The lowest BCUT2D eigenvalue weighted by molar-refractivity contribution is 0.258. The maximum atomic E-state index is 5.94. The molecule has 0 amide bonds. The van der Waals surface area contributed by atoms with Crippen LogP contribution >= 0.6 is 28.3 Å². The SMILES string of the molecule is Brc1cc(Cc2ccccc2)ccc1OCC1CCNC1.Cl. The van der Waals surface area contributed by atoms with Crippen LogP contribution < -0.4 is 10.1 Å². The lowest BCUT2D eigenvalue weighted by Gasteiger charge is -2.13. The Kier molecular flexibility index (Phi) is 6.74. The lowest BCUT2D eigenvalue weighted by Crippen LogP contribution is -2.15. The molecule has 1 atom stereocenters. The van der Waals surface area contributed by atoms with Gasteiger partial charge in [0.15, 0.2) is 0 Å². The highest BCUT2D eigenvalue weighted by Gasteiger charge is 2.15. The van der Waals surface area contributed by atoms with Crippen LogP contribution in [0.4, 0.5) is 0 Å². The first-order valence-corrected chi connectivity index (χ1v) is 8.26. The summed E-state index contributed by atoms with van der Waals surface area (Å²) < 4.78 is 6.98. The van der Waals surface area contributed by atoms with Gasteiger partial charge in [-0.3, -0.25) is 0 Å². The van der Waals surface area contributed by atoms with E-state index in [1.807, 2.05) is 6.07 Å². The van der Waals surface area contributed by atoms with Gasteiger partial charge in [-0.25, -0.2) is 0 Å². The first kappa shape index (κ1) is 17.3. The molecular formula is C18H21BrClNO. The molecule has 1 unspecified atom stereocenters. The molecule has 0 spiro atoms. The van der Waals surface area contributed by atoms with Crippen molar-refractivity contribution in [3.63, 3.8) is 0 Å². The Bertz CT molecular complexity index is 585. The van der Waals surface area contributed by atoms with Crippen molar-refractivity contribution in [3.8, 4) is 5.75 Å². The molecule has 3 rings (SSSR count). The van der Waals surface area contributed by atoms with Crippen molar-refractivity contribution in [2.75, 3.05) is 19.7 Å². The zero-order chi connectivity index (χ0) is 14.5. The van der Waals surface area contributed by atoms with Gasteiger partial charge in [-0.05, 0) is 58.6 Å². The fourth-order valence-electron chi connectivity index (χ4n) is 2.67. The quantitative estimate of drug-likeness (QED) is 0.825. The molecule has 1 N–H and O–H groups in total. The van der Waals surface area contributed by atoms with E-state index in [9.17, 15) is 0 Å². The number of rotatable bonds is 5. The second-order valence-electron chi connectivity index (χ2n) is 5.60. The number of hydrogen-bond acceptors (Lipinski definition) is 2. The first-order valence-electron chi connectivity index (χ1n) is 7.47. The Labute approximate surface area is 146 Å². The second kappa shape index (κ2) is 8.56. The van der Waals surface area contributed by atoms with Gasteiger partial charge in [0.1, 0.15) is 5.75 Å². The van der Waals surface area contributed by atoms with Gasteiger partial charge in [-0.2, -0.15) is 0 Å². The van der Waals surface area contributed by atoms with Crippen LogP contribution in [0.3, 0.4) is 0 Å². The summed E-state index contributed by atoms with van der Waals surface area (Å²) in [4.78, 5) is 0. The summed E-state index contributed by atoms with van der Waals surface area (Å²) in [7, 11) is 0. The topological polar surface area (TPSA) is 21.3 Å². The third kappa shape index (κ3) is 4.73. The number of hydrogen-bond donors (Lipinski definition) is 1. The number of halogens is 2. The molecule has 2 aromatic rings. The molecule has 1 fully saturated rings. The van der Waals surface area contributed by atoms with Crippen molar-refractivity contribution in [2.45, 2.75) is 12.8 Å². The highest BCUT2D eigenvalue weighted by Crippen LogP contribution is 2.27. The van der Waals surface area contributed by atoms with E-state index >= 15 is 0 Å². The van der Waals surface area contributed by atoms with Crippen molar-refractivity contribution in [2.24, 2.45) is 5.92 Å². The largest absolute Gasteiger partial charge is 0.492 e. The first-order chi connectivity index (χ1) is 10.3. The molecule has 0 bridgehead atoms.